The molecule has 4 rings (SSSR count). The van der Waals surface area contributed by atoms with Crippen LogP contribution in [0.3, 0.4) is 0 Å². The van der Waals surface area contributed by atoms with E-state index in [9.17, 15) is 4.79 Å². The van der Waals surface area contributed by atoms with Gasteiger partial charge in [-0.2, -0.15) is 0 Å². The Morgan fingerprint density at radius 3 is 2.14 bits per heavy atom. The van der Waals surface area contributed by atoms with Crippen LogP contribution in [0.1, 0.15) is 69.2 Å². The van der Waals surface area contributed by atoms with E-state index in [1.54, 1.807) is 0 Å². The number of aryl methyl sites for hydroxylation is 1. The van der Waals surface area contributed by atoms with E-state index in [0.717, 1.165) is 36.0 Å². The van der Waals surface area contributed by atoms with Gasteiger partial charge in [0.25, 0.3) is 0 Å². The molecule has 3 aromatic carbocycles. The monoisotopic (exact) mass is 490 g/mol. The van der Waals surface area contributed by atoms with E-state index in [2.05, 4.69) is 52.0 Å². The molecule has 0 aliphatic heterocycles. The molecule has 0 N–H and O–H groups in total. The summed E-state index contributed by atoms with van der Waals surface area (Å²) in [5, 5.41) is 0.559. The van der Waals surface area contributed by atoms with Gasteiger partial charge in [0, 0.05) is 21.7 Å². The fourth-order valence-corrected chi connectivity index (χ4v) is 5.31. The number of hydrogen-bond donors (Lipinski definition) is 0. The summed E-state index contributed by atoms with van der Waals surface area (Å²) in [6.07, 6.45) is 3.26. The molecule has 3 aromatic rings. The third-order valence-electron chi connectivity index (χ3n) is 6.69. The van der Waals surface area contributed by atoms with Crippen LogP contribution in [0.25, 0.3) is 0 Å². The van der Waals surface area contributed by atoms with E-state index in [1.165, 1.54) is 5.56 Å². The number of benzene rings is 3. The zero-order valence-electron chi connectivity index (χ0n) is 21.1. The summed E-state index contributed by atoms with van der Waals surface area (Å²) in [5.41, 5.74) is 2.32. The van der Waals surface area contributed by atoms with Gasteiger partial charge in [0.05, 0.1) is 17.6 Å². The molecule has 1 aliphatic rings. The second-order valence-corrected chi connectivity index (χ2v) is 10.8. The van der Waals surface area contributed by atoms with E-state index < -0.39 is 5.60 Å². The zero-order chi connectivity index (χ0) is 25.1. The van der Waals surface area contributed by atoms with Gasteiger partial charge in [0.1, 0.15) is 0 Å². The number of carbonyl (C=O) groups excluding carboxylic acids is 1. The second kappa shape index (κ2) is 10.6. The lowest BCUT2D eigenvalue weighted by Crippen LogP contribution is -2.37. The molecule has 1 aliphatic carbocycles. The number of halogens is 1. The molecule has 0 heterocycles. The first kappa shape index (κ1) is 25.5. The van der Waals surface area contributed by atoms with Crippen LogP contribution in [-0.2, 0) is 26.3 Å². The van der Waals surface area contributed by atoms with Gasteiger partial charge in [-0.05, 0) is 58.1 Å². The SMILES string of the molecule is CCc1ccc(C(OC(=O)[C@H]2CC[C@H](OC(C)(C)C)C2)(c2ccccc2)c2ccccc2Cl)cc1. The van der Waals surface area contributed by atoms with Crippen molar-refractivity contribution < 1.29 is 14.3 Å². The third-order valence-corrected chi connectivity index (χ3v) is 7.02. The molecular formula is C31H35ClO3. The predicted molar refractivity (Wildman–Crippen MR) is 142 cm³/mol. The van der Waals surface area contributed by atoms with Crippen LogP contribution in [0.5, 0.6) is 0 Å². The lowest BCUT2D eigenvalue weighted by atomic mass is 9.79. The Kier molecular flexibility index (Phi) is 7.68. The summed E-state index contributed by atoms with van der Waals surface area (Å²) in [7, 11) is 0. The predicted octanol–water partition coefficient (Wildman–Crippen LogP) is 7.72. The molecule has 1 saturated carbocycles. The van der Waals surface area contributed by atoms with Gasteiger partial charge in [-0.25, -0.2) is 0 Å². The smallest absolute Gasteiger partial charge is 0.310 e. The molecule has 0 spiro atoms. The van der Waals surface area contributed by atoms with Gasteiger partial charge in [-0.15, -0.1) is 0 Å². The zero-order valence-corrected chi connectivity index (χ0v) is 21.8. The Morgan fingerprint density at radius 1 is 0.886 bits per heavy atom. The first-order valence-electron chi connectivity index (χ1n) is 12.5. The van der Waals surface area contributed by atoms with E-state index in [-0.39, 0.29) is 23.6 Å². The molecule has 35 heavy (non-hydrogen) atoms. The van der Waals surface area contributed by atoms with Crippen LogP contribution in [-0.4, -0.2) is 17.7 Å². The minimum atomic E-state index is -1.16. The van der Waals surface area contributed by atoms with Crippen LogP contribution < -0.4 is 0 Å². The summed E-state index contributed by atoms with van der Waals surface area (Å²) in [6.45, 7) is 8.28. The van der Waals surface area contributed by atoms with Crippen molar-refractivity contribution in [3.8, 4) is 0 Å². The molecule has 3 atom stereocenters. The first-order valence-corrected chi connectivity index (χ1v) is 12.9. The van der Waals surface area contributed by atoms with Crippen LogP contribution >= 0.6 is 11.6 Å². The quantitative estimate of drug-likeness (QED) is 0.251. The van der Waals surface area contributed by atoms with Crippen LogP contribution in [0, 0.1) is 5.92 Å². The maximum atomic E-state index is 13.8. The molecule has 0 saturated heterocycles. The molecule has 0 aromatic heterocycles. The summed E-state index contributed by atoms with van der Waals surface area (Å²) >= 11 is 6.79. The topological polar surface area (TPSA) is 35.5 Å². The van der Waals surface area contributed by atoms with Gasteiger partial charge < -0.3 is 9.47 Å². The average Bonchev–Trinajstić information content (AvgIpc) is 3.30. The van der Waals surface area contributed by atoms with Gasteiger partial charge in [0.2, 0.25) is 0 Å². The van der Waals surface area contributed by atoms with Gasteiger partial charge in [0.15, 0.2) is 5.60 Å². The standard InChI is InChI=1S/C31H35ClO3/c1-5-22-15-18-25(19-16-22)31(24-11-7-6-8-12-24,27-13-9-10-14-28(27)32)35-29(33)23-17-20-26(21-23)34-30(2,3)4/h6-16,18-19,23,26H,5,17,20-21H2,1-4H3/t23-,26-,31?/m0/s1. The van der Waals surface area contributed by atoms with Crippen molar-refractivity contribution in [2.24, 2.45) is 5.92 Å². The van der Waals surface area contributed by atoms with Crippen LogP contribution in [0.2, 0.25) is 5.02 Å². The normalized spacial score (nSPS) is 19.8. The number of rotatable bonds is 7. The Balaban J connectivity index is 1.79. The Morgan fingerprint density at radius 2 is 1.51 bits per heavy atom. The highest BCUT2D eigenvalue weighted by Gasteiger charge is 2.44. The number of hydrogen-bond acceptors (Lipinski definition) is 3. The molecule has 0 radical (unpaired) electrons. The molecule has 0 amide bonds. The largest absolute Gasteiger partial charge is 0.444 e. The van der Waals surface area contributed by atoms with E-state index in [1.807, 2.05) is 54.6 Å². The van der Waals surface area contributed by atoms with Crippen molar-refractivity contribution in [1.82, 2.24) is 0 Å². The maximum Gasteiger partial charge on any atom is 0.310 e. The highest BCUT2D eigenvalue weighted by atomic mass is 35.5. The lowest BCUT2D eigenvalue weighted by molar-refractivity contribution is -0.159. The minimum Gasteiger partial charge on any atom is -0.444 e. The highest BCUT2D eigenvalue weighted by molar-refractivity contribution is 6.31. The highest BCUT2D eigenvalue weighted by Crippen LogP contribution is 2.45. The molecule has 1 fully saturated rings. The van der Waals surface area contributed by atoms with E-state index >= 15 is 0 Å². The molecule has 3 nitrogen and oxygen atoms in total. The van der Waals surface area contributed by atoms with E-state index in [0.29, 0.717) is 11.4 Å². The number of ether oxygens (including phenoxy) is 2. The van der Waals surface area contributed by atoms with Crippen LogP contribution in [0.15, 0.2) is 78.9 Å². The lowest BCUT2D eigenvalue weighted by Gasteiger charge is -2.36. The fourth-order valence-electron chi connectivity index (χ4n) is 5.04. The molecular weight excluding hydrogens is 456 g/mol. The Labute approximate surface area is 214 Å². The molecule has 184 valence electrons. The fraction of sp³-hybridized carbons (Fsp3) is 0.387. The summed E-state index contributed by atoms with van der Waals surface area (Å²) in [5.74, 6) is -0.434. The first-order chi connectivity index (χ1) is 16.7. The maximum absolute atomic E-state index is 13.8. The number of carbonyl (C=O) groups is 1. The average molecular weight is 491 g/mol. The van der Waals surface area contributed by atoms with Crippen LogP contribution in [0.4, 0.5) is 0 Å². The minimum absolute atomic E-state index is 0.0582. The van der Waals surface area contributed by atoms with Crippen molar-refractivity contribution in [1.29, 1.82) is 0 Å². The molecule has 4 heteroatoms. The van der Waals surface area contributed by atoms with Gasteiger partial charge in [-0.1, -0.05) is 91.3 Å². The second-order valence-electron chi connectivity index (χ2n) is 10.4. The molecule has 1 unspecified atom stereocenters. The third kappa shape index (κ3) is 5.63. The van der Waals surface area contributed by atoms with E-state index in [4.69, 9.17) is 21.1 Å². The Bertz CT molecular complexity index is 1130. The van der Waals surface area contributed by atoms with Crippen molar-refractivity contribution in [2.75, 3.05) is 0 Å². The summed E-state index contributed by atoms with van der Waals surface area (Å²) in [6, 6.07) is 25.9. The van der Waals surface area contributed by atoms with Gasteiger partial charge in [-0.3, -0.25) is 4.79 Å². The van der Waals surface area contributed by atoms with Crippen molar-refractivity contribution in [3.63, 3.8) is 0 Å². The summed E-state index contributed by atoms with van der Waals surface area (Å²) < 4.78 is 12.8. The van der Waals surface area contributed by atoms with Crippen molar-refractivity contribution in [3.05, 3.63) is 106 Å². The van der Waals surface area contributed by atoms with Gasteiger partial charge >= 0.3 is 5.97 Å². The molecule has 0 bridgehead atoms. The Hall–Kier alpha value is -2.62. The number of esters is 1. The van der Waals surface area contributed by atoms with Crippen molar-refractivity contribution in [2.45, 2.75) is 70.7 Å². The van der Waals surface area contributed by atoms with Crippen molar-refractivity contribution >= 4 is 17.6 Å². The summed E-state index contributed by atoms with van der Waals surface area (Å²) in [4.78, 5) is 13.8.